The van der Waals surface area contributed by atoms with Crippen molar-refractivity contribution >= 4 is 11.9 Å². The second-order valence-electron chi connectivity index (χ2n) is 6.09. The van der Waals surface area contributed by atoms with Gasteiger partial charge in [-0.1, -0.05) is 24.3 Å². The second-order valence-corrected chi connectivity index (χ2v) is 6.09. The maximum absolute atomic E-state index is 12.3. The first kappa shape index (κ1) is 17.0. The topological polar surface area (TPSA) is 76.8 Å². The van der Waals surface area contributed by atoms with Gasteiger partial charge in [0.05, 0.1) is 0 Å². The molecule has 25 heavy (non-hydrogen) atoms. The minimum atomic E-state index is -0.662. The third kappa shape index (κ3) is 3.63. The Hall–Kier alpha value is -2.89. The van der Waals surface area contributed by atoms with Crippen LogP contribution in [-0.4, -0.2) is 29.9 Å². The maximum Gasteiger partial charge on any atom is 0.342 e. The average Bonchev–Trinajstić information content (AvgIpc) is 2.58. The highest BCUT2D eigenvalue weighted by Crippen LogP contribution is 2.19. The van der Waals surface area contributed by atoms with Crippen molar-refractivity contribution in [2.45, 2.75) is 26.8 Å². The standard InChI is InChI=1S/C19H19NO5/c1-12-9-17(22)25-13(2)18(12)19(23)24-11-16(21)20-8-7-14-5-3-4-6-15(14)10-20/h3-6,9H,7-8,10-11H2,1-2H3. The molecule has 1 amide bonds. The maximum atomic E-state index is 12.3. The molecule has 0 radical (unpaired) electrons. The molecule has 0 unspecified atom stereocenters. The van der Waals surface area contributed by atoms with Gasteiger partial charge in [-0.15, -0.1) is 0 Å². The normalized spacial score (nSPS) is 13.3. The monoisotopic (exact) mass is 341 g/mol. The summed E-state index contributed by atoms with van der Waals surface area (Å²) in [7, 11) is 0. The van der Waals surface area contributed by atoms with E-state index in [0.717, 1.165) is 12.0 Å². The molecule has 1 aliphatic heterocycles. The fourth-order valence-corrected chi connectivity index (χ4v) is 3.06. The Morgan fingerprint density at radius 1 is 1.20 bits per heavy atom. The molecule has 1 aromatic carbocycles. The molecule has 0 spiro atoms. The number of carbonyl (C=O) groups excluding carboxylic acids is 2. The van der Waals surface area contributed by atoms with Gasteiger partial charge in [-0.25, -0.2) is 9.59 Å². The predicted molar refractivity (Wildman–Crippen MR) is 90.3 cm³/mol. The van der Waals surface area contributed by atoms with Crippen LogP contribution in [0.4, 0.5) is 0 Å². The lowest BCUT2D eigenvalue weighted by Gasteiger charge is -2.28. The molecule has 1 aliphatic rings. The first-order valence-electron chi connectivity index (χ1n) is 8.08. The molecule has 6 heteroatoms. The highest BCUT2D eigenvalue weighted by molar-refractivity contribution is 5.93. The van der Waals surface area contributed by atoms with E-state index in [0.29, 0.717) is 18.7 Å². The van der Waals surface area contributed by atoms with E-state index in [1.54, 1.807) is 11.8 Å². The lowest BCUT2D eigenvalue weighted by molar-refractivity contribution is -0.135. The zero-order chi connectivity index (χ0) is 18.0. The second kappa shape index (κ2) is 6.93. The molecule has 0 N–H and O–H groups in total. The van der Waals surface area contributed by atoms with E-state index in [4.69, 9.17) is 9.15 Å². The summed E-state index contributed by atoms with van der Waals surface area (Å²) >= 11 is 0. The van der Waals surface area contributed by atoms with Crippen molar-refractivity contribution in [3.8, 4) is 0 Å². The Labute approximate surface area is 145 Å². The SMILES string of the molecule is Cc1cc(=O)oc(C)c1C(=O)OCC(=O)N1CCc2ccccc2C1. The molecule has 0 atom stereocenters. The van der Waals surface area contributed by atoms with Gasteiger partial charge in [-0.3, -0.25) is 4.79 Å². The largest absolute Gasteiger partial charge is 0.452 e. The van der Waals surface area contributed by atoms with Crippen molar-refractivity contribution < 1.29 is 18.7 Å². The lowest BCUT2D eigenvalue weighted by atomic mass is 10.00. The fourth-order valence-electron chi connectivity index (χ4n) is 3.06. The van der Waals surface area contributed by atoms with Crippen LogP contribution in [0.1, 0.15) is 32.8 Å². The highest BCUT2D eigenvalue weighted by atomic mass is 16.5. The summed E-state index contributed by atoms with van der Waals surface area (Å²) in [5.41, 5.74) is 2.50. The molecule has 0 saturated heterocycles. The van der Waals surface area contributed by atoms with E-state index in [1.165, 1.54) is 18.6 Å². The molecule has 2 heterocycles. The first-order valence-corrected chi connectivity index (χ1v) is 8.08. The Kier molecular flexibility index (Phi) is 4.70. The van der Waals surface area contributed by atoms with Gasteiger partial charge in [0.1, 0.15) is 11.3 Å². The summed E-state index contributed by atoms with van der Waals surface area (Å²) in [5, 5.41) is 0. The molecule has 0 aliphatic carbocycles. The van der Waals surface area contributed by atoms with Gasteiger partial charge < -0.3 is 14.1 Å². The molecule has 130 valence electrons. The number of nitrogens with zero attached hydrogens (tertiary/aromatic N) is 1. The molecule has 3 rings (SSSR count). The van der Waals surface area contributed by atoms with E-state index < -0.39 is 11.6 Å². The fraction of sp³-hybridized carbons (Fsp3) is 0.316. The van der Waals surface area contributed by atoms with Crippen LogP contribution in [0.5, 0.6) is 0 Å². The molecule has 0 saturated carbocycles. The van der Waals surface area contributed by atoms with E-state index in [9.17, 15) is 14.4 Å². The molecule has 2 aromatic rings. The van der Waals surface area contributed by atoms with Gasteiger partial charge in [0.15, 0.2) is 6.61 Å². The molecular formula is C19H19NO5. The Morgan fingerprint density at radius 2 is 1.92 bits per heavy atom. The third-order valence-corrected chi connectivity index (χ3v) is 4.35. The molecule has 0 fully saturated rings. The highest BCUT2D eigenvalue weighted by Gasteiger charge is 2.23. The van der Waals surface area contributed by atoms with Gasteiger partial charge in [0.2, 0.25) is 0 Å². The quantitative estimate of drug-likeness (QED) is 0.798. The zero-order valence-electron chi connectivity index (χ0n) is 14.2. The van der Waals surface area contributed by atoms with Crippen molar-refractivity contribution in [1.82, 2.24) is 4.90 Å². The first-order chi connectivity index (χ1) is 12.0. The lowest BCUT2D eigenvalue weighted by Crippen LogP contribution is -2.38. The molecule has 6 nitrogen and oxygen atoms in total. The van der Waals surface area contributed by atoms with Crippen LogP contribution >= 0.6 is 0 Å². The number of benzene rings is 1. The number of esters is 1. The minimum absolute atomic E-state index is 0.189. The zero-order valence-corrected chi connectivity index (χ0v) is 14.2. The average molecular weight is 341 g/mol. The van der Waals surface area contributed by atoms with Crippen LogP contribution < -0.4 is 5.63 Å². The van der Waals surface area contributed by atoms with Gasteiger partial charge in [0.25, 0.3) is 5.91 Å². The Balaban J connectivity index is 1.63. The van der Waals surface area contributed by atoms with Crippen molar-refractivity contribution in [2.75, 3.05) is 13.2 Å². The summed E-state index contributed by atoms with van der Waals surface area (Å²) in [6.07, 6.45) is 0.790. The van der Waals surface area contributed by atoms with E-state index in [-0.39, 0.29) is 23.8 Å². The number of rotatable bonds is 3. The van der Waals surface area contributed by atoms with Crippen molar-refractivity contribution in [3.05, 3.63) is 68.8 Å². The summed E-state index contributed by atoms with van der Waals surface area (Å²) in [5.74, 6) is -0.714. The molecule has 0 bridgehead atoms. The summed E-state index contributed by atoms with van der Waals surface area (Å²) in [4.78, 5) is 37.5. The third-order valence-electron chi connectivity index (χ3n) is 4.35. The summed E-state index contributed by atoms with van der Waals surface area (Å²) in [6, 6.07) is 9.22. The number of aryl methyl sites for hydroxylation is 2. The van der Waals surface area contributed by atoms with E-state index in [1.807, 2.05) is 18.2 Å². The molecular weight excluding hydrogens is 322 g/mol. The predicted octanol–water partition coefficient (Wildman–Crippen LogP) is 2.00. The van der Waals surface area contributed by atoms with Gasteiger partial charge in [-0.05, 0) is 37.0 Å². The van der Waals surface area contributed by atoms with E-state index >= 15 is 0 Å². The summed E-state index contributed by atoms with van der Waals surface area (Å²) < 4.78 is 10.1. The van der Waals surface area contributed by atoms with Crippen LogP contribution in [-0.2, 0) is 22.5 Å². The number of hydrogen-bond donors (Lipinski definition) is 0. The van der Waals surface area contributed by atoms with Gasteiger partial charge in [-0.2, -0.15) is 0 Å². The van der Waals surface area contributed by atoms with Crippen molar-refractivity contribution in [3.63, 3.8) is 0 Å². The summed E-state index contributed by atoms with van der Waals surface area (Å²) in [6.45, 7) is 3.94. The van der Waals surface area contributed by atoms with Gasteiger partial charge in [0, 0.05) is 19.2 Å². The Bertz CT molecular complexity index is 857. The van der Waals surface area contributed by atoms with Crippen LogP contribution in [0.2, 0.25) is 0 Å². The number of amides is 1. The number of fused-ring (bicyclic) bond motifs is 1. The van der Waals surface area contributed by atoms with Crippen LogP contribution in [0.15, 0.2) is 39.5 Å². The molecule has 1 aromatic heterocycles. The minimum Gasteiger partial charge on any atom is -0.452 e. The number of ether oxygens (including phenoxy) is 1. The number of carbonyl (C=O) groups is 2. The smallest absolute Gasteiger partial charge is 0.342 e. The van der Waals surface area contributed by atoms with Crippen LogP contribution in [0.25, 0.3) is 0 Å². The van der Waals surface area contributed by atoms with Crippen LogP contribution in [0, 0.1) is 13.8 Å². The van der Waals surface area contributed by atoms with Crippen LogP contribution in [0.3, 0.4) is 0 Å². The van der Waals surface area contributed by atoms with E-state index in [2.05, 4.69) is 6.07 Å². The van der Waals surface area contributed by atoms with Crippen molar-refractivity contribution in [2.24, 2.45) is 0 Å². The van der Waals surface area contributed by atoms with Crippen molar-refractivity contribution in [1.29, 1.82) is 0 Å². The van der Waals surface area contributed by atoms with Gasteiger partial charge >= 0.3 is 11.6 Å². The Morgan fingerprint density at radius 3 is 2.64 bits per heavy atom. The number of hydrogen-bond acceptors (Lipinski definition) is 5.